The summed E-state index contributed by atoms with van der Waals surface area (Å²) in [4.78, 5) is 13.7. The summed E-state index contributed by atoms with van der Waals surface area (Å²) in [5, 5.41) is 0. The normalized spacial score (nSPS) is 16.4. The van der Waals surface area contributed by atoms with E-state index in [1.165, 1.54) is 0 Å². The molecule has 0 amide bonds. The smallest absolute Gasteiger partial charge is 0.181 e. The molecule has 0 fully saturated rings. The van der Waals surface area contributed by atoms with E-state index in [4.69, 9.17) is 0 Å². The first-order valence-corrected chi connectivity index (χ1v) is 5.11. The van der Waals surface area contributed by atoms with E-state index < -0.39 is 0 Å². The number of carbonyl (C=O) groups excluding carboxylic acids is 1. The van der Waals surface area contributed by atoms with Gasteiger partial charge in [0, 0.05) is 17.8 Å². The van der Waals surface area contributed by atoms with Gasteiger partial charge in [-0.3, -0.25) is 4.79 Å². The molecule has 2 nitrogen and oxygen atoms in total. The third kappa shape index (κ3) is 2.46. The maximum atomic E-state index is 11.9. The molecule has 15 heavy (non-hydrogen) atoms. The number of ketones is 1. The molecule has 1 heterocycles. The lowest BCUT2D eigenvalue weighted by atomic mass is 10.0. The number of rotatable bonds is 3. The first-order valence-electron chi connectivity index (χ1n) is 5.11. The average molecular weight is 203 g/mol. The molecule has 80 valence electrons. The summed E-state index contributed by atoms with van der Waals surface area (Å²) in [7, 11) is 0. The van der Waals surface area contributed by atoms with Crippen molar-refractivity contribution in [1.29, 1.82) is 0 Å². The van der Waals surface area contributed by atoms with Crippen LogP contribution in [-0.4, -0.2) is 10.7 Å². The summed E-state index contributed by atoms with van der Waals surface area (Å²) >= 11 is 0. The lowest BCUT2D eigenvalue weighted by Gasteiger charge is -2.25. The molecule has 0 saturated heterocycles. The first-order chi connectivity index (χ1) is 7.07. The van der Waals surface area contributed by atoms with E-state index in [0.717, 1.165) is 5.70 Å². The van der Waals surface area contributed by atoms with Gasteiger partial charge in [-0.2, -0.15) is 0 Å². The fourth-order valence-corrected chi connectivity index (χ4v) is 1.41. The molecule has 1 rings (SSSR count). The minimum absolute atomic E-state index is 0.00306. The molecule has 0 aromatic carbocycles. The number of hydrogen-bond donors (Lipinski definition) is 0. The topological polar surface area (TPSA) is 20.3 Å². The highest BCUT2D eigenvalue weighted by molar-refractivity contribution is 5.96. The van der Waals surface area contributed by atoms with Crippen LogP contribution in [0.25, 0.3) is 0 Å². The fraction of sp³-hybridized carbons (Fsp3) is 0.308. The van der Waals surface area contributed by atoms with E-state index in [-0.39, 0.29) is 11.7 Å². The van der Waals surface area contributed by atoms with Crippen LogP contribution >= 0.6 is 0 Å². The lowest BCUT2D eigenvalue weighted by molar-refractivity contribution is -0.119. The maximum Gasteiger partial charge on any atom is 0.181 e. The Hall–Kier alpha value is -1.57. The Labute approximate surface area is 91.3 Å². The van der Waals surface area contributed by atoms with Crippen molar-refractivity contribution in [1.82, 2.24) is 4.90 Å². The van der Waals surface area contributed by atoms with Crippen molar-refractivity contribution in [2.24, 2.45) is 5.92 Å². The van der Waals surface area contributed by atoms with Crippen molar-refractivity contribution in [3.05, 3.63) is 48.5 Å². The molecule has 0 spiro atoms. The number of carbonyl (C=O) groups is 1. The Morgan fingerprint density at radius 3 is 2.60 bits per heavy atom. The second-order valence-electron chi connectivity index (χ2n) is 3.75. The maximum absolute atomic E-state index is 11.9. The number of Topliss-reactive ketones (excluding diaryl/α,β-unsaturated/α-hetero) is 1. The highest BCUT2D eigenvalue weighted by Gasteiger charge is 2.19. The molecule has 0 aliphatic carbocycles. The molecule has 0 aromatic heterocycles. The molecule has 0 radical (unpaired) electrons. The zero-order valence-electron chi connectivity index (χ0n) is 9.53. The molecule has 0 atom stereocenters. The summed E-state index contributed by atoms with van der Waals surface area (Å²) in [5.74, 6) is 0.141. The molecule has 2 heteroatoms. The monoisotopic (exact) mass is 203 g/mol. The zero-order chi connectivity index (χ0) is 11.4. The molecular weight excluding hydrogens is 186 g/mol. The largest absolute Gasteiger partial charge is 0.315 e. The first kappa shape index (κ1) is 11.5. The molecule has 0 unspecified atom stereocenters. The Bertz CT molecular complexity index is 359. The summed E-state index contributed by atoms with van der Waals surface area (Å²) in [6.07, 6.45) is 9.38. The molecule has 0 aromatic rings. The van der Waals surface area contributed by atoms with Gasteiger partial charge in [-0.25, -0.2) is 0 Å². The van der Waals surface area contributed by atoms with E-state index >= 15 is 0 Å². The predicted octanol–water partition coefficient (Wildman–Crippen LogP) is 3.01. The predicted molar refractivity (Wildman–Crippen MR) is 62.9 cm³/mol. The molecule has 1 aliphatic heterocycles. The van der Waals surface area contributed by atoms with E-state index in [1.807, 2.05) is 56.2 Å². The van der Waals surface area contributed by atoms with E-state index in [0.29, 0.717) is 5.70 Å². The lowest BCUT2D eigenvalue weighted by Crippen LogP contribution is -2.25. The van der Waals surface area contributed by atoms with Gasteiger partial charge >= 0.3 is 0 Å². The number of allylic oxidation sites excluding steroid dienone is 5. The van der Waals surface area contributed by atoms with Crippen LogP contribution in [0.5, 0.6) is 0 Å². The Morgan fingerprint density at radius 1 is 1.47 bits per heavy atom. The summed E-state index contributed by atoms with van der Waals surface area (Å²) in [5.41, 5.74) is 1.51. The minimum atomic E-state index is 0.00306. The van der Waals surface area contributed by atoms with Gasteiger partial charge in [0.1, 0.15) is 0 Å². The third-order valence-electron chi connectivity index (χ3n) is 2.25. The van der Waals surface area contributed by atoms with Crippen molar-refractivity contribution in [3.63, 3.8) is 0 Å². The SMILES string of the molecule is C=C1C=CC=CN1/C(=C\C)C(=O)C(C)C. The Balaban J connectivity index is 2.95. The summed E-state index contributed by atoms with van der Waals surface area (Å²) in [6, 6.07) is 0. The van der Waals surface area contributed by atoms with E-state index in [1.54, 1.807) is 0 Å². The quantitative estimate of drug-likeness (QED) is 0.657. The van der Waals surface area contributed by atoms with Gasteiger partial charge in [-0.05, 0) is 19.1 Å². The van der Waals surface area contributed by atoms with Gasteiger partial charge in [0.2, 0.25) is 0 Å². The van der Waals surface area contributed by atoms with E-state index in [2.05, 4.69) is 6.58 Å². The summed E-state index contributed by atoms with van der Waals surface area (Å²) in [6.45, 7) is 9.57. The number of nitrogens with zero attached hydrogens (tertiary/aromatic N) is 1. The molecule has 0 bridgehead atoms. The molecule has 1 aliphatic rings. The van der Waals surface area contributed by atoms with Crippen LogP contribution in [0.2, 0.25) is 0 Å². The second-order valence-corrected chi connectivity index (χ2v) is 3.75. The van der Waals surface area contributed by atoms with Gasteiger partial charge in [0.15, 0.2) is 5.78 Å². The van der Waals surface area contributed by atoms with Crippen molar-refractivity contribution >= 4 is 5.78 Å². The minimum Gasteiger partial charge on any atom is -0.315 e. The molecule has 0 N–H and O–H groups in total. The van der Waals surface area contributed by atoms with Crippen molar-refractivity contribution < 1.29 is 4.79 Å². The Morgan fingerprint density at radius 2 is 2.13 bits per heavy atom. The zero-order valence-corrected chi connectivity index (χ0v) is 9.53. The highest BCUT2D eigenvalue weighted by Crippen LogP contribution is 2.20. The van der Waals surface area contributed by atoms with Crippen molar-refractivity contribution in [2.75, 3.05) is 0 Å². The fourth-order valence-electron chi connectivity index (χ4n) is 1.41. The molecular formula is C13H17NO. The van der Waals surface area contributed by atoms with Crippen molar-refractivity contribution in [2.45, 2.75) is 20.8 Å². The van der Waals surface area contributed by atoms with Crippen LogP contribution in [0.15, 0.2) is 48.5 Å². The van der Waals surface area contributed by atoms with Gasteiger partial charge in [-0.15, -0.1) is 0 Å². The third-order valence-corrected chi connectivity index (χ3v) is 2.25. The van der Waals surface area contributed by atoms with Crippen LogP contribution in [0, 0.1) is 5.92 Å². The standard InChI is InChI=1S/C13H17NO/c1-5-12(13(15)10(2)3)14-9-7-6-8-11(14)4/h5-10H,4H2,1-3H3/b12-5-. The average Bonchev–Trinajstić information content (AvgIpc) is 2.21. The van der Waals surface area contributed by atoms with Crippen LogP contribution in [0.4, 0.5) is 0 Å². The second kappa shape index (κ2) is 4.78. The number of hydrogen-bond acceptors (Lipinski definition) is 2. The van der Waals surface area contributed by atoms with Gasteiger partial charge in [-0.1, -0.05) is 32.6 Å². The van der Waals surface area contributed by atoms with Crippen molar-refractivity contribution in [3.8, 4) is 0 Å². The van der Waals surface area contributed by atoms with Crippen LogP contribution in [0.1, 0.15) is 20.8 Å². The van der Waals surface area contributed by atoms with Crippen LogP contribution < -0.4 is 0 Å². The molecule has 0 saturated carbocycles. The summed E-state index contributed by atoms with van der Waals surface area (Å²) < 4.78 is 0. The van der Waals surface area contributed by atoms with Crippen LogP contribution in [-0.2, 0) is 4.79 Å². The van der Waals surface area contributed by atoms with E-state index in [9.17, 15) is 4.79 Å². The highest BCUT2D eigenvalue weighted by atomic mass is 16.1. The van der Waals surface area contributed by atoms with Crippen LogP contribution in [0.3, 0.4) is 0 Å². The van der Waals surface area contributed by atoms with Gasteiger partial charge in [0.25, 0.3) is 0 Å². The van der Waals surface area contributed by atoms with Gasteiger partial charge in [0.05, 0.1) is 5.70 Å². The Kier molecular flexibility index (Phi) is 3.67. The van der Waals surface area contributed by atoms with Gasteiger partial charge < -0.3 is 4.90 Å².